The molecular weight excluding hydrogens is 292 g/mol. The summed E-state index contributed by atoms with van der Waals surface area (Å²) < 4.78 is 11.1. The van der Waals surface area contributed by atoms with Crippen LogP contribution in [-0.4, -0.2) is 31.4 Å². The molecule has 2 atom stereocenters. The summed E-state index contributed by atoms with van der Waals surface area (Å²) in [7, 11) is 3.05. The number of Topliss-reactive ketones (excluding diaryl/α,β-unsaturated/α-hetero) is 2. The molecule has 0 saturated heterocycles. The second-order valence-electron chi connectivity index (χ2n) is 6.84. The van der Waals surface area contributed by atoms with Crippen molar-refractivity contribution in [3.63, 3.8) is 0 Å². The van der Waals surface area contributed by atoms with Crippen molar-refractivity contribution in [3.8, 4) is 5.75 Å². The molecule has 23 heavy (non-hydrogen) atoms. The van der Waals surface area contributed by atoms with Gasteiger partial charge in [0.25, 0.3) is 0 Å². The number of carbonyl (C=O) groups excluding carboxylic acids is 2. The quantitative estimate of drug-likeness (QED) is 0.854. The molecule has 2 aliphatic carbocycles. The SMILES string of the molecule is COc1c2c(cc3ccccc13)C(=O)C1(OC)C(C2=O)C1(C)C. The third-order valence-corrected chi connectivity index (χ3v) is 5.62. The van der Waals surface area contributed by atoms with Gasteiger partial charge >= 0.3 is 0 Å². The van der Waals surface area contributed by atoms with Crippen LogP contribution in [-0.2, 0) is 4.74 Å². The highest BCUT2D eigenvalue weighted by Gasteiger charge is 2.81. The molecule has 0 amide bonds. The number of ether oxygens (including phenoxy) is 2. The molecular formula is C19H18O4. The van der Waals surface area contributed by atoms with Crippen LogP contribution in [0.4, 0.5) is 0 Å². The molecule has 2 aromatic rings. The summed E-state index contributed by atoms with van der Waals surface area (Å²) in [4.78, 5) is 26.2. The minimum Gasteiger partial charge on any atom is -0.495 e. The van der Waals surface area contributed by atoms with E-state index < -0.39 is 16.9 Å². The highest BCUT2D eigenvalue weighted by Crippen LogP contribution is 2.68. The average molecular weight is 310 g/mol. The minimum absolute atomic E-state index is 0.0611. The van der Waals surface area contributed by atoms with Crippen LogP contribution < -0.4 is 4.74 Å². The fourth-order valence-corrected chi connectivity index (χ4v) is 4.43. The molecule has 4 rings (SSSR count). The van der Waals surface area contributed by atoms with E-state index in [1.807, 2.05) is 38.1 Å². The Labute approximate surface area is 134 Å². The molecule has 0 aromatic heterocycles. The Morgan fingerprint density at radius 3 is 2.43 bits per heavy atom. The first-order valence-corrected chi connectivity index (χ1v) is 7.65. The lowest BCUT2D eigenvalue weighted by Crippen LogP contribution is -2.37. The summed E-state index contributed by atoms with van der Waals surface area (Å²) in [6.45, 7) is 3.82. The van der Waals surface area contributed by atoms with E-state index in [4.69, 9.17) is 9.47 Å². The normalized spacial score (nSPS) is 27.6. The standard InChI is InChI=1S/C19H18O4/c1-18(2)16-14(20)13-12(17(21)19(16,18)23-4)9-10-7-5-6-8-11(10)15(13)22-3/h5-9,16H,1-4H3. The molecule has 0 heterocycles. The topological polar surface area (TPSA) is 52.6 Å². The van der Waals surface area contributed by atoms with E-state index in [0.29, 0.717) is 16.9 Å². The molecule has 0 spiro atoms. The van der Waals surface area contributed by atoms with Crippen molar-refractivity contribution in [2.75, 3.05) is 14.2 Å². The fourth-order valence-electron chi connectivity index (χ4n) is 4.43. The Bertz CT molecular complexity index is 880. The van der Waals surface area contributed by atoms with E-state index >= 15 is 0 Å². The number of benzene rings is 2. The fraction of sp³-hybridized carbons (Fsp3) is 0.368. The monoisotopic (exact) mass is 310 g/mol. The average Bonchev–Trinajstić information content (AvgIpc) is 3.08. The van der Waals surface area contributed by atoms with Crippen molar-refractivity contribution in [1.29, 1.82) is 0 Å². The molecule has 4 heteroatoms. The van der Waals surface area contributed by atoms with E-state index in [-0.39, 0.29) is 11.6 Å². The summed E-state index contributed by atoms with van der Waals surface area (Å²) in [5.41, 5.74) is -0.731. The second-order valence-corrected chi connectivity index (χ2v) is 6.84. The maximum atomic E-state index is 13.2. The number of carbonyl (C=O) groups is 2. The van der Waals surface area contributed by atoms with Crippen LogP contribution in [0.25, 0.3) is 10.8 Å². The number of ketones is 2. The molecule has 2 aliphatic rings. The van der Waals surface area contributed by atoms with Crippen molar-refractivity contribution >= 4 is 22.3 Å². The minimum atomic E-state index is -1.04. The Balaban J connectivity index is 2.09. The number of hydrogen-bond donors (Lipinski definition) is 0. The van der Waals surface area contributed by atoms with Gasteiger partial charge in [0, 0.05) is 23.5 Å². The summed E-state index contributed by atoms with van der Waals surface area (Å²) in [5.74, 6) is -0.137. The molecule has 0 N–H and O–H groups in total. The number of rotatable bonds is 2. The lowest BCUT2D eigenvalue weighted by atomic mass is 9.84. The van der Waals surface area contributed by atoms with E-state index in [2.05, 4.69) is 0 Å². The van der Waals surface area contributed by atoms with Crippen LogP contribution in [0, 0.1) is 11.3 Å². The third kappa shape index (κ3) is 1.41. The van der Waals surface area contributed by atoms with Crippen LogP contribution in [0.15, 0.2) is 30.3 Å². The smallest absolute Gasteiger partial charge is 0.196 e. The summed E-state index contributed by atoms with van der Waals surface area (Å²) in [5, 5.41) is 1.73. The number of methoxy groups -OCH3 is 2. The van der Waals surface area contributed by atoms with E-state index in [0.717, 1.165) is 10.8 Å². The lowest BCUT2D eigenvalue weighted by Gasteiger charge is -2.24. The van der Waals surface area contributed by atoms with Crippen LogP contribution in [0.3, 0.4) is 0 Å². The third-order valence-electron chi connectivity index (χ3n) is 5.62. The molecule has 1 saturated carbocycles. The largest absolute Gasteiger partial charge is 0.495 e. The summed E-state index contributed by atoms with van der Waals surface area (Å²) in [6.07, 6.45) is 0. The predicted octanol–water partition coefficient (Wildman–Crippen LogP) is 3.27. The van der Waals surface area contributed by atoms with Crippen molar-refractivity contribution in [3.05, 3.63) is 41.5 Å². The van der Waals surface area contributed by atoms with Gasteiger partial charge in [-0.15, -0.1) is 0 Å². The van der Waals surface area contributed by atoms with Gasteiger partial charge in [-0.2, -0.15) is 0 Å². The highest BCUT2D eigenvalue weighted by atomic mass is 16.5. The molecule has 118 valence electrons. The van der Waals surface area contributed by atoms with Gasteiger partial charge < -0.3 is 9.47 Å². The molecule has 0 aliphatic heterocycles. The first-order chi connectivity index (χ1) is 10.9. The van der Waals surface area contributed by atoms with Crippen molar-refractivity contribution in [2.24, 2.45) is 11.3 Å². The maximum Gasteiger partial charge on any atom is 0.196 e. The first kappa shape index (κ1) is 14.4. The second kappa shape index (κ2) is 4.20. The van der Waals surface area contributed by atoms with Crippen molar-refractivity contribution in [2.45, 2.75) is 19.4 Å². The Morgan fingerprint density at radius 1 is 1.09 bits per heavy atom. The van der Waals surface area contributed by atoms with Gasteiger partial charge in [0.1, 0.15) is 11.4 Å². The molecule has 2 aromatic carbocycles. The summed E-state index contributed by atoms with van der Waals surface area (Å²) in [6, 6.07) is 9.41. The molecule has 2 unspecified atom stereocenters. The Morgan fingerprint density at radius 2 is 1.78 bits per heavy atom. The van der Waals surface area contributed by atoms with Gasteiger partial charge in [-0.3, -0.25) is 9.59 Å². The maximum absolute atomic E-state index is 13.2. The molecule has 0 bridgehead atoms. The lowest BCUT2D eigenvalue weighted by molar-refractivity contribution is 0.0313. The highest BCUT2D eigenvalue weighted by molar-refractivity contribution is 6.26. The van der Waals surface area contributed by atoms with Gasteiger partial charge in [0.15, 0.2) is 11.6 Å². The zero-order valence-electron chi connectivity index (χ0n) is 13.6. The van der Waals surface area contributed by atoms with Crippen LogP contribution in [0.2, 0.25) is 0 Å². The van der Waals surface area contributed by atoms with Gasteiger partial charge in [0.05, 0.1) is 18.6 Å². The van der Waals surface area contributed by atoms with Crippen LogP contribution >= 0.6 is 0 Å². The van der Waals surface area contributed by atoms with Crippen molar-refractivity contribution < 1.29 is 19.1 Å². The molecule has 4 nitrogen and oxygen atoms in total. The van der Waals surface area contributed by atoms with Gasteiger partial charge in [-0.05, 0) is 11.5 Å². The van der Waals surface area contributed by atoms with Crippen LogP contribution in [0.1, 0.15) is 34.6 Å². The Kier molecular flexibility index (Phi) is 2.63. The van der Waals surface area contributed by atoms with Gasteiger partial charge in [-0.1, -0.05) is 38.1 Å². The van der Waals surface area contributed by atoms with E-state index in [1.165, 1.54) is 14.2 Å². The number of hydrogen-bond acceptors (Lipinski definition) is 4. The molecule has 1 fully saturated rings. The zero-order valence-corrected chi connectivity index (χ0v) is 13.6. The molecule has 0 radical (unpaired) electrons. The van der Waals surface area contributed by atoms with E-state index in [1.54, 1.807) is 6.07 Å². The summed E-state index contributed by atoms with van der Waals surface area (Å²) >= 11 is 0. The van der Waals surface area contributed by atoms with E-state index in [9.17, 15) is 9.59 Å². The first-order valence-electron chi connectivity index (χ1n) is 7.65. The number of fused-ring (bicyclic) bond motifs is 3. The zero-order chi connectivity index (χ0) is 16.6. The van der Waals surface area contributed by atoms with Crippen LogP contribution in [0.5, 0.6) is 5.75 Å². The van der Waals surface area contributed by atoms with Crippen molar-refractivity contribution in [1.82, 2.24) is 0 Å². The van der Waals surface area contributed by atoms with Gasteiger partial charge in [0.2, 0.25) is 0 Å². The predicted molar refractivity (Wildman–Crippen MR) is 86.2 cm³/mol. The Hall–Kier alpha value is -2.20. The van der Waals surface area contributed by atoms with Gasteiger partial charge in [-0.25, -0.2) is 0 Å².